The van der Waals surface area contributed by atoms with Crippen molar-refractivity contribution in [1.82, 2.24) is 24.3 Å². The number of aromatic nitrogens is 5. The van der Waals surface area contributed by atoms with Gasteiger partial charge in [0.25, 0.3) is 5.56 Å². The smallest absolute Gasteiger partial charge is 0.261 e. The fraction of sp³-hybridized carbons (Fsp3) is 0.360. The standard InChI is InChI=1S/C21H22ClFN4O2.C4H6N2/c1-12-24-19-15(20(28)26(12)4)10-17(27-7-8-29-21(2,3)11-27)25-18(19)14-6-5-13(22)9-16(14)23;1-6-4-2-3-5-6/h5-6,9-10H,7-8,11H2,1-4H3;2-4H,1H3. The van der Waals surface area contributed by atoms with Crippen molar-refractivity contribution < 1.29 is 9.13 Å². The van der Waals surface area contributed by atoms with Gasteiger partial charge >= 0.3 is 0 Å². The molecule has 3 aromatic heterocycles. The van der Waals surface area contributed by atoms with Gasteiger partial charge in [-0.2, -0.15) is 5.10 Å². The number of fused-ring (bicyclic) bond motifs is 1. The minimum atomic E-state index is -0.508. The number of benzene rings is 1. The van der Waals surface area contributed by atoms with Gasteiger partial charge in [0, 0.05) is 50.2 Å². The number of hydrogen-bond donors (Lipinski definition) is 0. The summed E-state index contributed by atoms with van der Waals surface area (Å²) in [4.78, 5) is 24.3. The molecule has 0 atom stereocenters. The molecule has 5 rings (SSSR count). The lowest BCUT2D eigenvalue weighted by molar-refractivity contribution is -0.0279. The van der Waals surface area contributed by atoms with E-state index in [1.54, 1.807) is 43.0 Å². The molecule has 1 fully saturated rings. The van der Waals surface area contributed by atoms with E-state index in [2.05, 4.69) is 15.0 Å². The summed E-state index contributed by atoms with van der Waals surface area (Å²) in [6, 6.07) is 8.04. The van der Waals surface area contributed by atoms with Crippen LogP contribution in [0.2, 0.25) is 5.02 Å². The third-order valence-corrected chi connectivity index (χ3v) is 6.08. The minimum Gasteiger partial charge on any atom is -0.372 e. The van der Waals surface area contributed by atoms with Gasteiger partial charge in [-0.25, -0.2) is 14.4 Å². The van der Waals surface area contributed by atoms with Crippen molar-refractivity contribution in [3.8, 4) is 11.3 Å². The second-order valence-corrected chi connectivity index (χ2v) is 9.52. The largest absolute Gasteiger partial charge is 0.372 e. The number of nitrogens with zero attached hydrogens (tertiary/aromatic N) is 6. The molecule has 0 radical (unpaired) electrons. The third kappa shape index (κ3) is 5.36. The van der Waals surface area contributed by atoms with Crippen LogP contribution in [0.3, 0.4) is 0 Å². The molecular weight excluding hydrogens is 471 g/mol. The lowest BCUT2D eigenvalue weighted by Crippen LogP contribution is -2.48. The van der Waals surface area contributed by atoms with Gasteiger partial charge in [-0.05, 0) is 51.1 Å². The van der Waals surface area contributed by atoms with Crippen molar-refractivity contribution in [2.45, 2.75) is 26.4 Å². The molecule has 0 bridgehead atoms. The third-order valence-electron chi connectivity index (χ3n) is 5.85. The second-order valence-electron chi connectivity index (χ2n) is 9.08. The molecule has 184 valence electrons. The Balaban J connectivity index is 0.000000421. The monoisotopic (exact) mass is 498 g/mol. The summed E-state index contributed by atoms with van der Waals surface area (Å²) in [5.41, 5.74) is 0.421. The zero-order valence-corrected chi connectivity index (χ0v) is 21.2. The summed E-state index contributed by atoms with van der Waals surface area (Å²) in [6.45, 7) is 7.52. The molecule has 0 N–H and O–H groups in total. The lowest BCUT2D eigenvalue weighted by atomic mass is 10.1. The van der Waals surface area contributed by atoms with Crippen LogP contribution in [0.1, 0.15) is 19.7 Å². The van der Waals surface area contributed by atoms with Crippen LogP contribution in [-0.4, -0.2) is 49.6 Å². The first kappa shape index (κ1) is 24.8. The van der Waals surface area contributed by atoms with Crippen molar-refractivity contribution in [3.63, 3.8) is 0 Å². The number of anilines is 1. The topological polar surface area (TPSA) is 78.1 Å². The van der Waals surface area contributed by atoms with E-state index in [-0.39, 0.29) is 16.7 Å². The number of pyridine rings is 1. The molecule has 1 aromatic carbocycles. The fourth-order valence-corrected chi connectivity index (χ4v) is 4.11. The summed E-state index contributed by atoms with van der Waals surface area (Å²) in [5, 5.41) is 4.53. The number of ether oxygens (including phenoxy) is 1. The molecule has 0 spiro atoms. The van der Waals surface area contributed by atoms with E-state index in [9.17, 15) is 9.18 Å². The van der Waals surface area contributed by atoms with E-state index >= 15 is 0 Å². The Bertz CT molecular complexity index is 1420. The van der Waals surface area contributed by atoms with Crippen molar-refractivity contribution in [1.29, 1.82) is 0 Å². The molecular formula is C25H28ClFN6O2. The molecule has 1 aliphatic heterocycles. The Morgan fingerprint density at radius 3 is 2.54 bits per heavy atom. The van der Waals surface area contributed by atoms with Crippen molar-refractivity contribution in [2.24, 2.45) is 14.1 Å². The Morgan fingerprint density at radius 1 is 1.17 bits per heavy atom. The number of halogens is 2. The Morgan fingerprint density at radius 2 is 1.94 bits per heavy atom. The molecule has 8 nitrogen and oxygen atoms in total. The molecule has 1 aliphatic rings. The highest BCUT2D eigenvalue weighted by molar-refractivity contribution is 6.30. The maximum absolute atomic E-state index is 14.8. The number of rotatable bonds is 2. The highest BCUT2D eigenvalue weighted by atomic mass is 35.5. The van der Waals surface area contributed by atoms with Crippen LogP contribution < -0.4 is 10.5 Å². The summed E-state index contributed by atoms with van der Waals surface area (Å²) in [6.07, 6.45) is 3.64. The van der Waals surface area contributed by atoms with Gasteiger partial charge in [-0.15, -0.1) is 0 Å². The predicted octanol–water partition coefficient (Wildman–Crippen LogP) is 4.13. The van der Waals surface area contributed by atoms with E-state index in [1.165, 1.54) is 10.6 Å². The van der Waals surface area contributed by atoms with Crippen LogP contribution in [0.25, 0.3) is 22.2 Å². The maximum atomic E-state index is 14.8. The van der Waals surface area contributed by atoms with Gasteiger partial charge in [0.1, 0.15) is 28.7 Å². The van der Waals surface area contributed by atoms with E-state index < -0.39 is 5.82 Å². The highest BCUT2D eigenvalue weighted by Gasteiger charge is 2.29. The van der Waals surface area contributed by atoms with Gasteiger partial charge < -0.3 is 9.64 Å². The zero-order chi connectivity index (χ0) is 25.3. The first-order valence-corrected chi connectivity index (χ1v) is 11.6. The SMILES string of the molecule is Cc1nc2c(-c3ccc(Cl)cc3F)nc(N3CCOC(C)(C)C3)cc2c(=O)n1C.Cn1cccn1. The van der Waals surface area contributed by atoms with E-state index in [0.717, 1.165) is 0 Å². The van der Waals surface area contributed by atoms with Crippen LogP contribution in [0.5, 0.6) is 0 Å². The second kappa shape index (κ2) is 9.75. The first-order valence-electron chi connectivity index (χ1n) is 11.2. The van der Waals surface area contributed by atoms with Crippen LogP contribution >= 0.6 is 11.6 Å². The van der Waals surface area contributed by atoms with Gasteiger partial charge in [0.2, 0.25) is 0 Å². The molecule has 0 amide bonds. The molecule has 4 aromatic rings. The lowest BCUT2D eigenvalue weighted by Gasteiger charge is -2.39. The summed E-state index contributed by atoms with van der Waals surface area (Å²) < 4.78 is 23.8. The fourth-order valence-electron chi connectivity index (χ4n) is 3.95. The van der Waals surface area contributed by atoms with Crippen molar-refractivity contribution >= 4 is 28.3 Å². The predicted molar refractivity (Wildman–Crippen MR) is 135 cm³/mol. The zero-order valence-electron chi connectivity index (χ0n) is 20.4. The summed E-state index contributed by atoms with van der Waals surface area (Å²) in [7, 11) is 3.56. The summed E-state index contributed by atoms with van der Waals surface area (Å²) >= 11 is 5.93. The number of hydrogen-bond acceptors (Lipinski definition) is 6. The van der Waals surface area contributed by atoms with Crippen LogP contribution in [0.4, 0.5) is 10.2 Å². The molecule has 0 saturated carbocycles. The minimum absolute atomic E-state index is 0.195. The van der Waals surface area contributed by atoms with E-state index in [0.29, 0.717) is 53.0 Å². The molecule has 35 heavy (non-hydrogen) atoms. The average Bonchev–Trinajstić information content (AvgIpc) is 3.28. The molecule has 10 heteroatoms. The number of aryl methyl sites for hydroxylation is 2. The van der Waals surface area contributed by atoms with Crippen molar-refractivity contribution in [3.05, 3.63) is 69.7 Å². The Labute approximate surface area is 207 Å². The molecule has 4 heterocycles. The quantitative estimate of drug-likeness (QED) is 0.413. The van der Waals surface area contributed by atoms with E-state index in [4.69, 9.17) is 21.3 Å². The maximum Gasteiger partial charge on any atom is 0.261 e. The Hall–Kier alpha value is -3.30. The van der Waals surface area contributed by atoms with Gasteiger partial charge in [0.15, 0.2) is 0 Å². The first-order chi connectivity index (χ1) is 16.6. The van der Waals surface area contributed by atoms with Crippen LogP contribution in [-0.2, 0) is 18.8 Å². The summed E-state index contributed by atoms with van der Waals surface area (Å²) in [5.74, 6) is 0.618. The average molecular weight is 499 g/mol. The molecule has 0 unspecified atom stereocenters. The number of morpholine rings is 1. The molecule has 1 saturated heterocycles. The normalized spacial score (nSPS) is 15.1. The van der Waals surface area contributed by atoms with Gasteiger partial charge in [-0.3, -0.25) is 14.0 Å². The molecule has 0 aliphatic carbocycles. The van der Waals surface area contributed by atoms with E-state index in [1.807, 2.05) is 33.2 Å². The van der Waals surface area contributed by atoms with Gasteiger partial charge in [0.05, 0.1) is 17.6 Å². The highest BCUT2D eigenvalue weighted by Crippen LogP contribution is 2.32. The van der Waals surface area contributed by atoms with Crippen molar-refractivity contribution in [2.75, 3.05) is 24.6 Å². The van der Waals surface area contributed by atoms with Crippen LogP contribution in [0, 0.1) is 12.7 Å². The van der Waals surface area contributed by atoms with Gasteiger partial charge in [-0.1, -0.05) is 11.6 Å². The van der Waals surface area contributed by atoms with Crippen LogP contribution in [0.15, 0.2) is 47.5 Å². The Kier molecular flexibility index (Phi) is 6.91.